The highest BCUT2D eigenvalue weighted by molar-refractivity contribution is 6.06. The van der Waals surface area contributed by atoms with Crippen LogP contribution in [0.15, 0.2) is 60.7 Å². The summed E-state index contributed by atoms with van der Waals surface area (Å²) in [7, 11) is 0. The fraction of sp³-hybridized carbons (Fsp3) is 0.250. The molecule has 5 nitrogen and oxygen atoms in total. The molecule has 0 aromatic heterocycles. The topological polar surface area (TPSA) is 80.7 Å². The molecule has 0 fully saturated rings. The molecule has 2 rings (SSSR count). The van der Waals surface area contributed by atoms with Gasteiger partial charge in [-0.25, -0.2) is 0 Å². The minimum Gasteiger partial charge on any atom is -0.466 e. The molecule has 0 saturated heterocycles. The van der Waals surface area contributed by atoms with E-state index in [9.17, 15) is 19.5 Å². The van der Waals surface area contributed by atoms with Gasteiger partial charge in [-0.05, 0) is 12.5 Å². The van der Waals surface area contributed by atoms with Crippen molar-refractivity contribution in [3.63, 3.8) is 0 Å². The van der Waals surface area contributed by atoms with Gasteiger partial charge in [-0.15, -0.1) is 0 Å². The van der Waals surface area contributed by atoms with E-state index in [0.29, 0.717) is 5.56 Å². The van der Waals surface area contributed by atoms with E-state index in [-0.39, 0.29) is 12.2 Å². The van der Waals surface area contributed by atoms with Gasteiger partial charge in [-0.1, -0.05) is 60.7 Å². The monoisotopic (exact) mass is 340 g/mol. The van der Waals surface area contributed by atoms with Crippen LogP contribution in [0, 0.1) is 0 Å². The van der Waals surface area contributed by atoms with Crippen LogP contribution in [0.2, 0.25) is 0 Å². The lowest BCUT2D eigenvalue weighted by Crippen LogP contribution is -2.38. The van der Waals surface area contributed by atoms with Gasteiger partial charge in [-0.3, -0.25) is 14.4 Å². The van der Waals surface area contributed by atoms with Crippen molar-refractivity contribution in [1.82, 2.24) is 0 Å². The summed E-state index contributed by atoms with van der Waals surface area (Å²) in [6.07, 6.45) is -0.978. The number of esters is 1. The Labute approximate surface area is 146 Å². The maximum atomic E-state index is 12.9. The van der Waals surface area contributed by atoms with Crippen molar-refractivity contribution in [2.45, 2.75) is 25.4 Å². The Hall–Kier alpha value is -2.79. The van der Waals surface area contributed by atoms with Crippen molar-refractivity contribution in [2.24, 2.45) is 0 Å². The minimum atomic E-state index is -2.04. The Morgan fingerprint density at radius 3 is 2.08 bits per heavy atom. The standard InChI is InChI=1S/C20H20O5/c1-2-25-18(22)13-17(21)14-20(24,16-11-7-4-8-12-16)19(23)15-9-5-3-6-10-15/h3-12,24H,2,13-14H2,1H3. The molecular formula is C20H20O5. The van der Waals surface area contributed by atoms with Gasteiger partial charge >= 0.3 is 5.97 Å². The van der Waals surface area contributed by atoms with Crippen LogP contribution in [0.4, 0.5) is 0 Å². The molecule has 2 aromatic carbocycles. The van der Waals surface area contributed by atoms with Crippen LogP contribution in [-0.4, -0.2) is 29.2 Å². The summed E-state index contributed by atoms with van der Waals surface area (Å²) in [5.41, 5.74) is -1.44. The number of hydrogen-bond acceptors (Lipinski definition) is 5. The van der Waals surface area contributed by atoms with Gasteiger partial charge in [0.1, 0.15) is 12.2 Å². The van der Waals surface area contributed by atoms with Crippen molar-refractivity contribution >= 4 is 17.5 Å². The first-order chi connectivity index (χ1) is 12.0. The third-order valence-corrected chi connectivity index (χ3v) is 3.76. The van der Waals surface area contributed by atoms with Gasteiger partial charge in [0.2, 0.25) is 0 Å². The quantitative estimate of drug-likeness (QED) is 0.454. The van der Waals surface area contributed by atoms with Crippen molar-refractivity contribution in [3.8, 4) is 0 Å². The zero-order valence-electron chi connectivity index (χ0n) is 14.0. The van der Waals surface area contributed by atoms with Crippen LogP contribution in [-0.2, 0) is 19.9 Å². The second kappa shape index (κ2) is 8.35. The number of carbonyl (C=O) groups excluding carboxylic acids is 3. The summed E-state index contributed by atoms with van der Waals surface area (Å²) >= 11 is 0. The zero-order chi connectivity index (χ0) is 18.3. The molecule has 1 atom stereocenters. The summed E-state index contributed by atoms with van der Waals surface area (Å²) in [6.45, 7) is 1.81. The number of aliphatic hydroxyl groups is 1. The highest BCUT2D eigenvalue weighted by Gasteiger charge is 2.40. The second-order valence-electron chi connectivity index (χ2n) is 5.62. The molecule has 1 unspecified atom stereocenters. The third-order valence-electron chi connectivity index (χ3n) is 3.76. The Balaban J connectivity index is 2.32. The molecule has 130 valence electrons. The fourth-order valence-electron chi connectivity index (χ4n) is 2.58. The predicted octanol–water partition coefficient (Wildman–Crippen LogP) is 2.67. The smallest absolute Gasteiger partial charge is 0.313 e. The molecule has 0 spiro atoms. The highest BCUT2D eigenvalue weighted by atomic mass is 16.5. The van der Waals surface area contributed by atoms with Crippen LogP contribution < -0.4 is 0 Å². The Kier molecular flexibility index (Phi) is 6.19. The molecule has 0 heterocycles. The molecule has 0 amide bonds. The largest absolute Gasteiger partial charge is 0.466 e. The summed E-state index contributed by atoms with van der Waals surface area (Å²) in [4.78, 5) is 36.6. The van der Waals surface area contributed by atoms with Crippen LogP contribution >= 0.6 is 0 Å². The molecule has 0 aliphatic rings. The van der Waals surface area contributed by atoms with E-state index in [0.717, 1.165) is 0 Å². The lowest BCUT2D eigenvalue weighted by Gasteiger charge is -2.26. The number of ether oxygens (including phenoxy) is 1. The van der Waals surface area contributed by atoms with Crippen molar-refractivity contribution < 1.29 is 24.2 Å². The second-order valence-corrected chi connectivity index (χ2v) is 5.62. The van der Waals surface area contributed by atoms with Gasteiger partial charge < -0.3 is 9.84 Å². The molecular weight excluding hydrogens is 320 g/mol. The van der Waals surface area contributed by atoms with E-state index in [1.54, 1.807) is 67.6 Å². The van der Waals surface area contributed by atoms with E-state index in [2.05, 4.69) is 0 Å². The Morgan fingerprint density at radius 2 is 1.52 bits per heavy atom. The van der Waals surface area contributed by atoms with Gasteiger partial charge in [0.15, 0.2) is 11.4 Å². The van der Waals surface area contributed by atoms with Gasteiger partial charge in [0.05, 0.1) is 6.61 Å². The minimum absolute atomic E-state index is 0.165. The average Bonchev–Trinajstić information content (AvgIpc) is 2.62. The highest BCUT2D eigenvalue weighted by Crippen LogP contribution is 2.30. The molecule has 1 N–H and O–H groups in total. The third kappa shape index (κ3) is 4.61. The molecule has 0 aliphatic heterocycles. The lowest BCUT2D eigenvalue weighted by molar-refractivity contribution is -0.146. The lowest BCUT2D eigenvalue weighted by atomic mass is 9.81. The zero-order valence-corrected chi connectivity index (χ0v) is 14.0. The number of Topliss-reactive ketones (excluding diaryl/α,β-unsaturated/α-hetero) is 2. The maximum Gasteiger partial charge on any atom is 0.313 e. The van der Waals surface area contributed by atoms with E-state index in [1.165, 1.54) is 0 Å². The van der Waals surface area contributed by atoms with Crippen molar-refractivity contribution in [3.05, 3.63) is 71.8 Å². The SMILES string of the molecule is CCOC(=O)CC(=O)CC(O)(C(=O)c1ccccc1)c1ccccc1. The van der Waals surface area contributed by atoms with E-state index in [4.69, 9.17) is 4.74 Å². The first-order valence-electron chi connectivity index (χ1n) is 8.02. The van der Waals surface area contributed by atoms with Crippen molar-refractivity contribution in [2.75, 3.05) is 6.61 Å². The average molecular weight is 340 g/mol. The normalized spacial score (nSPS) is 12.9. The van der Waals surface area contributed by atoms with Crippen molar-refractivity contribution in [1.29, 1.82) is 0 Å². The van der Waals surface area contributed by atoms with Crippen LogP contribution in [0.3, 0.4) is 0 Å². The number of rotatable bonds is 8. The number of benzene rings is 2. The van der Waals surface area contributed by atoms with Crippen LogP contribution in [0.1, 0.15) is 35.7 Å². The molecule has 0 radical (unpaired) electrons. The maximum absolute atomic E-state index is 12.9. The molecule has 2 aromatic rings. The molecule has 5 heteroatoms. The van der Waals surface area contributed by atoms with Gasteiger partial charge in [-0.2, -0.15) is 0 Å². The molecule has 0 aliphatic carbocycles. The summed E-state index contributed by atoms with van der Waals surface area (Å²) < 4.78 is 4.75. The molecule has 25 heavy (non-hydrogen) atoms. The predicted molar refractivity (Wildman–Crippen MR) is 92.0 cm³/mol. The summed E-state index contributed by atoms with van der Waals surface area (Å²) in [5, 5.41) is 11.1. The first-order valence-corrected chi connectivity index (χ1v) is 8.02. The first kappa shape index (κ1) is 18.5. The number of ketones is 2. The van der Waals surface area contributed by atoms with Crippen LogP contribution in [0.5, 0.6) is 0 Å². The number of hydrogen-bond donors (Lipinski definition) is 1. The number of carbonyl (C=O) groups is 3. The summed E-state index contributed by atoms with van der Waals surface area (Å²) in [6, 6.07) is 16.5. The van der Waals surface area contributed by atoms with E-state index in [1.807, 2.05) is 0 Å². The van der Waals surface area contributed by atoms with E-state index >= 15 is 0 Å². The van der Waals surface area contributed by atoms with Gasteiger partial charge in [0, 0.05) is 12.0 Å². The Bertz CT molecular complexity index is 739. The molecule has 0 saturated carbocycles. The van der Waals surface area contributed by atoms with E-state index < -0.39 is 36.0 Å². The Morgan fingerprint density at radius 1 is 0.960 bits per heavy atom. The van der Waals surface area contributed by atoms with Crippen LogP contribution in [0.25, 0.3) is 0 Å². The summed E-state index contributed by atoms with van der Waals surface area (Å²) in [5.74, 6) is -1.82. The fourth-order valence-corrected chi connectivity index (χ4v) is 2.58. The van der Waals surface area contributed by atoms with Gasteiger partial charge in [0.25, 0.3) is 0 Å². The molecule has 0 bridgehead atoms.